The molecule has 0 aromatic carbocycles. The quantitative estimate of drug-likeness (QED) is 0.706. The van der Waals surface area contributed by atoms with E-state index in [0.29, 0.717) is 13.0 Å². The highest BCUT2D eigenvalue weighted by atomic mass is 32.2. The average molecular weight is 369 g/mol. The molecule has 1 unspecified atom stereocenters. The van der Waals surface area contributed by atoms with Gasteiger partial charge in [0.1, 0.15) is 4.90 Å². The first-order valence-corrected chi connectivity index (χ1v) is 9.79. The highest BCUT2D eigenvalue weighted by Gasteiger charge is 2.27. The van der Waals surface area contributed by atoms with Crippen molar-refractivity contribution in [3.63, 3.8) is 0 Å². The van der Waals surface area contributed by atoms with Crippen LogP contribution >= 0.6 is 0 Å². The summed E-state index contributed by atoms with van der Waals surface area (Å²) in [6.07, 6.45) is 5.89. The Bertz CT molecular complexity index is 693. The fourth-order valence-corrected chi connectivity index (χ4v) is 3.94. The first-order chi connectivity index (χ1) is 11.9. The van der Waals surface area contributed by atoms with Crippen LogP contribution in [0.15, 0.2) is 29.4 Å². The Morgan fingerprint density at radius 3 is 2.80 bits per heavy atom. The average Bonchev–Trinajstić information content (AvgIpc) is 2.60. The second-order valence-corrected chi connectivity index (χ2v) is 7.77. The molecule has 0 saturated carbocycles. The number of nitrogens with one attached hydrogen (secondary N) is 1. The van der Waals surface area contributed by atoms with E-state index in [1.807, 2.05) is 0 Å². The number of rotatable bonds is 8. The lowest BCUT2D eigenvalue weighted by Gasteiger charge is -2.35. The maximum atomic E-state index is 12.4. The maximum absolute atomic E-state index is 12.4. The Morgan fingerprint density at radius 2 is 2.12 bits per heavy atom. The summed E-state index contributed by atoms with van der Waals surface area (Å²) in [4.78, 5) is 28.7. The second kappa shape index (κ2) is 8.91. The fourth-order valence-electron chi connectivity index (χ4n) is 2.94. The van der Waals surface area contributed by atoms with E-state index in [0.717, 1.165) is 19.3 Å². The fraction of sp³-hybridized carbons (Fsp3) is 0.562. The number of amides is 1. The van der Waals surface area contributed by atoms with Crippen LogP contribution in [0.5, 0.6) is 0 Å². The van der Waals surface area contributed by atoms with Crippen molar-refractivity contribution in [3.8, 4) is 0 Å². The van der Waals surface area contributed by atoms with E-state index >= 15 is 0 Å². The summed E-state index contributed by atoms with van der Waals surface area (Å²) >= 11 is 0. The molecule has 0 radical (unpaired) electrons. The minimum Gasteiger partial charge on any atom is -0.481 e. The summed E-state index contributed by atoms with van der Waals surface area (Å²) in [5.41, 5.74) is 0. The molecule has 25 heavy (non-hydrogen) atoms. The molecular formula is C16H23N3O5S. The van der Waals surface area contributed by atoms with Crippen molar-refractivity contribution >= 4 is 21.9 Å². The molecule has 9 heteroatoms. The van der Waals surface area contributed by atoms with Gasteiger partial charge in [0, 0.05) is 44.4 Å². The molecule has 2 N–H and O–H groups in total. The molecule has 1 amide bonds. The van der Waals surface area contributed by atoms with Gasteiger partial charge in [-0.2, -0.15) is 0 Å². The van der Waals surface area contributed by atoms with E-state index in [9.17, 15) is 18.0 Å². The second-order valence-electron chi connectivity index (χ2n) is 6.01. The van der Waals surface area contributed by atoms with Gasteiger partial charge in [0.2, 0.25) is 15.9 Å². The predicted octanol–water partition coefficient (Wildman–Crippen LogP) is 0.996. The zero-order chi connectivity index (χ0) is 18.3. The Morgan fingerprint density at radius 1 is 1.32 bits per heavy atom. The van der Waals surface area contributed by atoms with E-state index in [1.165, 1.54) is 24.5 Å². The maximum Gasteiger partial charge on any atom is 0.303 e. The predicted molar refractivity (Wildman–Crippen MR) is 90.3 cm³/mol. The number of carboxylic acids is 1. The van der Waals surface area contributed by atoms with Crippen LogP contribution in [0.25, 0.3) is 0 Å². The van der Waals surface area contributed by atoms with Gasteiger partial charge in [0.05, 0.1) is 0 Å². The number of sulfonamides is 1. The number of hydrogen-bond acceptors (Lipinski definition) is 5. The summed E-state index contributed by atoms with van der Waals surface area (Å²) in [6, 6.07) is 2.89. The normalized spacial score (nSPS) is 18.1. The summed E-state index contributed by atoms with van der Waals surface area (Å²) in [7, 11) is -3.68. The van der Waals surface area contributed by atoms with Crippen LogP contribution in [0, 0.1) is 0 Å². The third-order valence-electron chi connectivity index (χ3n) is 4.21. The van der Waals surface area contributed by atoms with Gasteiger partial charge < -0.3 is 10.0 Å². The van der Waals surface area contributed by atoms with E-state index in [2.05, 4.69) is 9.71 Å². The first kappa shape index (κ1) is 19.3. The number of pyridine rings is 1. The zero-order valence-corrected chi connectivity index (χ0v) is 14.7. The van der Waals surface area contributed by atoms with E-state index in [4.69, 9.17) is 5.11 Å². The van der Waals surface area contributed by atoms with Crippen LogP contribution in [0.2, 0.25) is 0 Å². The van der Waals surface area contributed by atoms with Crippen LogP contribution in [-0.2, 0) is 19.6 Å². The number of likely N-dealkylation sites (tertiary alicyclic amines) is 1. The Kier molecular flexibility index (Phi) is 6.89. The smallest absolute Gasteiger partial charge is 0.303 e. The number of carboxylic acid groups (broad SMARTS) is 1. The molecule has 1 aliphatic heterocycles. The first-order valence-electron chi connectivity index (χ1n) is 8.31. The van der Waals surface area contributed by atoms with Gasteiger partial charge in [-0.05, 0) is 37.8 Å². The number of piperidine rings is 1. The molecule has 1 aromatic rings. The monoisotopic (exact) mass is 369 g/mol. The van der Waals surface area contributed by atoms with Gasteiger partial charge in [0.25, 0.3) is 0 Å². The lowest BCUT2D eigenvalue weighted by Crippen LogP contribution is -2.45. The van der Waals surface area contributed by atoms with Crippen LogP contribution in [-0.4, -0.2) is 54.4 Å². The number of aliphatic carboxylic acids is 1. The SMILES string of the molecule is O=C(O)CCC1CCCCN1C(=O)CCNS(=O)(=O)c1cccnc1. The summed E-state index contributed by atoms with van der Waals surface area (Å²) < 4.78 is 26.6. The number of aromatic nitrogens is 1. The van der Waals surface area contributed by atoms with Gasteiger partial charge in [-0.15, -0.1) is 0 Å². The van der Waals surface area contributed by atoms with Crippen LogP contribution in [0.4, 0.5) is 0 Å². The highest BCUT2D eigenvalue weighted by molar-refractivity contribution is 7.89. The summed E-state index contributed by atoms with van der Waals surface area (Å²) in [5.74, 6) is -1.02. The molecule has 0 aliphatic carbocycles. The zero-order valence-electron chi connectivity index (χ0n) is 13.9. The minimum absolute atomic E-state index is 0.00177. The van der Waals surface area contributed by atoms with Gasteiger partial charge in [-0.3, -0.25) is 14.6 Å². The lowest BCUT2D eigenvalue weighted by molar-refractivity contribution is -0.140. The van der Waals surface area contributed by atoms with Crippen molar-refractivity contribution in [1.29, 1.82) is 0 Å². The Labute approximate surface area is 147 Å². The van der Waals surface area contributed by atoms with Crippen molar-refractivity contribution in [2.24, 2.45) is 0 Å². The molecule has 2 rings (SSSR count). The van der Waals surface area contributed by atoms with Crippen LogP contribution in [0.3, 0.4) is 0 Å². The molecule has 1 aromatic heterocycles. The molecule has 2 heterocycles. The van der Waals surface area contributed by atoms with Crippen molar-refractivity contribution in [3.05, 3.63) is 24.5 Å². The molecule has 1 aliphatic rings. The lowest BCUT2D eigenvalue weighted by atomic mass is 9.97. The highest BCUT2D eigenvalue weighted by Crippen LogP contribution is 2.21. The third kappa shape index (κ3) is 5.79. The third-order valence-corrected chi connectivity index (χ3v) is 5.66. The van der Waals surface area contributed by atoms with Crippen molar-refractivity contribution in [1.82, 2.24) is 14.6 Å². The molecule has 138 valence electrons. The molecule has 1 saturated heterocycles. The summed E-state index contributed by atoms with van der Waals surface area (Å²) in [5, 5.41) is 8.82. The molecule has 1 fully saturated rings. The molecule has 8 nitrogen and oxygen atoms in total. The van der Waals surface area contributed by atoms with Gasteiger partial charge in [-0.25, -0.2) is 13.1 Å². The van der Waals surface area contributed by atoms with Gasteiger partial charge in [0.15, 0.2) is 0 Å². The van der Waals surface area contributed by atoms with Crippen LogP contribution in [0.1, 0.15) is 38.5 Å². The standard InChI is InChI=1S/C16H23N3O5S/c20-15(19-11-2-1-4-13(19)6-7-16(21)22)8-10-18-25(23,24)14-5-3-9-17-12-14/h3,5,9,12-13,18H,1-2,4,6-8,10-11H2,(H,21,22). The summed E-state index contributed by atoms with van der Waals surface area (Å²) in [6.45, 7) is 0.594. The largest absolute Gasteiger partial charge is 0.481 e. The van der Waals surface area contributed by atoms with Crippen molar-refractivity contribution in [2.45, 2.75) is 49.5 Å². The van der Waals surface area contributed by atoms with Crippen molar-refractivity contribution in [2.75, 3.05) is 13.1 Å². The number of carbonyl (C=O) groups is 2. The van der Waals surface area contributed by atoms with E-state index < -0.39 is 16.0 Å². The number of hydrogen-bond donors (Lipinski definition) is 2. The van der Waals surface area contributed by atoms with Gasteiger partial charge in [-0.1, -0.05) is 0 Å². The van der Waals surface area contributed by atoms with Crippen molar-refractivity contribution < 1.29 is 23.1 Å². The number of nitrogens with zero attached hydrogens (tertiary/aromatic N) is 2. The van der Waals surface area contributed by atoms with E-state index in [-0.39, 0.29) is 36.2 Å². The van der Waals surface area contributed by atoms with Crippen LogP contribution < -0.4 is 4.72 Å². The topological polar surface area (TPSA) is 117 Å². The van der Waals surface area contributed by atoms with Gasteiger partial charge >= 0.3 is 5.97 Å². The Balaban J connectivity index is 1.87. The number of carbonyl (C=O) groups excluding carboxylic acids is 1. The molecular weight excluding hydrogens is 346 g/mol. The van der Waals surface area contributed by atoms with E-state index in [1.54, 1.807) is 4.90 Å². The Hall–Kier alpha value is -2.00. The molecule has 1 atom stereocenters. The minimum atomic E-state index is -3.68. The molecule has 0 bridgehead atoms. The molecule has 0 spiro atoms.